The summed E-state index contributed by atoms with van der Waals surface area (Å²) in [5.74, 6) is 1.32. The van der Waals surface area contributed by atoms with Gasteiger partial charge in [-0.05, 0) is 32.6 Å². The van der Waals surface area contributed by atoms with E-state index in [2.05, 4.69) is 24.2 Å². The minimum absolute atomic E-state index is 0.129. The van der Waals surface area contributed by atoms with Crippen LogP contribution < -0.4 is 11.1 Å². The molecule has 0 unspecified atom stereocenters. The van der Waals surface area contributed by atoms with Gasteiger partial charge in [0.15, 0.2) is 5.96 Å². The molecule has 0 aromatic heterocycles. The van der Waals surface area contributed by atoms with Gasteiger partial charge in [0.25, 0.3) is 0 Å². The highest BCUT2D eigenvalue weighted by molar-refractivity contribution is 5.78. The minimum Gasteiger partial charge on any atom is -0.370 e. The zero-order valence-corrected chi connectivity index (χ0v) is 7.52. The number of nitrogens with one attached hydrogen (secondary N) is 1. The number of hydrogen-bond acceptors (Lipinski definition) is 1. The molecule has 0 saturated heterocycles. The molecule has 1 rings (SSSR count). The first-order valence-corrected chi connectivity index (χ1v) is 4.06. The third-order valence-corrected chi connectivity index (χ3v) is 2.29. The van der Waals surface area contributed by atoms with Crippen molar-refractivity contribution < 1.29 is 0 Å². The van der Waals surface area contributed by atoms with Gasteiger partial charge < -0.3 is 11.1 Å². The molecule has 1 saturated carbocycles. The Kier molecular flexibility index (Phi) is 2.07. The van der Waals surface area contributed by atoms with Crippen LogP contribution in [0.25, 0.3) is 0 Å². The summed E-state index contributed by atoms with van der Waals surface area (Å²) in [5, 5.41) is 3.20. The van der Waals surface area contributed by atoms with Gasteiger partial charge in [-0.1, -0.05) is 0 Å². The zero-order valence-electron chi connectivity index (χ0n) is 7.52. The van der Waals surface area contributed by atoms with Crippen LogP contribution in [-0.2, 0) is 0 Å². The lowest BCUT2D eigenvalue weighted by molar-refractivity contribution is 0.400. The van der Waals surface area contributed by atoms with Crippen LogP contribution in [0.2, 0.25) is 0 Å². The quantitative estimate of drug-likeness (QED) is 0.456. The summed E-state index contributed by atoms with van der Waals surface area (Å²) in [7, 11) is 1.70. The molecular weight excluding hydrogens is 138 g/mol. The van der Waals surface area contributed by atoms with Crippen molar-refractivity contribution in [2.75, 3.05) is 7.05 Å². The van der Waals surface area contributed by atoms with Gasteiger partial charge in [-0.3, -0.25) is 4.99 Å². The fraction of sp³-hybridized carbons (Fsp3) is 0.875. The molecule has 0 aromatic carbocycles. The average Bonchev–Trinajstić information content (AvgIpc) is 2.66. The Bertz CT molecular complexity index is 168. The lowest BCUT2D eigenvalue weighted by atomic mass is 9.99. The van der Waals surface area contributed by atoms with Crippen LogP contribution in [0.5, 0.6) is 0 Å². The van der Waals surface area contributed by atoms with Crippen LogP contribution in [0.3, 0.4) is 0 Å². The minimum atomic E-state index is 0.129. The Morgan fingerprint density at radius 2 is 2.09 bits per heavy atom. The van der Waals surface area contributed by atoms with Crippen LogP contribution >= 0.6 is 0 Å². The Balaban J connectivity index is 2.45. The maximum absolute atomic E-state index is 5.56. The molecule has 0 spiro atoms. The predicted molar refractivity (Wildman–Crippen MR) is 47.5 cm³/mol. The maximum Gasteiger partial charge on any atom is 0.188 e. The van der Waals surface area contributed by atoms with Gasteiger partial charge in [-0.15, -0.1) is 0 Å². The largest absolute Gasteiger partial charge is 0.370 e. The summed E-state index contributed by atoms with van der Waals surface area (Å²) < 4.78 is 0. The van der Waals surface area contributed by atoms with Gasteiger partial charge in [0.2, 0.25) is 0 Å². The van der Waals surface area contributed by atoms with Crippen LogP contribution in [0.4, 0.5) is 0 Å². The van der Waals surface area contributed by atoms with Crippen LogP contribution in [0.1, 0.15) is 26.7 Å². The third kappa shape index (κ3) is 2.10. The zero-order chi connectivity index (χ0) is 8.48. The van der Waals surface area contributed by atoms with Crippen molar-refractivity contribution in [1.29, 1.82) is 0 Å². The van der Waals surface area contributed by atoms with Crippen molar-refractivity contribution in [1.82, 2.24) is 5.32 Å². The average molecular weight is 155 g/mol. The Labute approximate surface area is 68.1 Å². The molecule has 1 aliphatic rings. The van der Waals surface area contributed by atoms with Crippen LogP contribution in [-0.4, -0.2) is 18.5 Å². The van der Waals surface area contributed by atoms with Crippen LogP contribution in [0, 0.1) is 5.92 Å². The van der Waals surface area contributed by atoms with Crippen molar-refractivity contribution in [3.05, 3.63) is 0 Å². The lowest BCUT2D eigenvalue weighted by Gasteiger charge is -2.26. The number of nitrogens with two attached hydrogens (primary N) is 1. The molecule has 11 heavy (non-hydrogen) atoms. The molecule has 1 fully saturated rings. The normalized spacial score (nSPS) is 20.1. The summed E-state index contributed by atoms with van der Waals surface area (Å²) in [6.45, 7) is 4.34. The first kappa shape index (κ1) is 8.37. The topological polar surface area (TPSA) is 50.4 Å². The van der Waals surface area contributed by atoms with Crippen LogP contribution in [0.15, 0.2) is 4.99 Å². The van der Waals surface area contributed by atoms with E-state index >= 15 is 0 Å². The Hall–Kier alpha value is -0.730. The van der Waals surface area contributed by atoms with Gasteiger partial charge in [0, 0.05) is 12.6 Å². The van der Waals surface area contributed by atoms with E-state index in [1.807, 2.05) is 0 Å². The van der Waals surface area contributed by atoms with Crippen molar-refractivity contribution in [2.45, 2.75) is 32.2 Å². The van der Waals surface area contributed by atoms with Crippen molar-refractivity contribution >= 4 is 5.96 Å². The molecule has 3 N–H and O–H groups in total. The molecular formula is C8H17N3. The van der Waals surface area contributed by atoms with Gasteiger partial charge in [0.1, 0.15) is 0 Å². The van der Waals surface area contributed by atoms with Gasteiger partial charge >= 0.3 is 0 Å². The number of aliphatic imine (C=N–C) groups is 1. The second kappa shape index (κ2) is 2.72. The Morgan fingerprint density at radius 1 is 1.55 bits per heavy atom. The van der Waals surface area contributed by atoms with E-state index in [1.54, 1.807) is 7.05 Å². The molecule has 0 amide bonds. The lowest BCUT2D eigenvalue weighted by Crippen LogP contribution is -2.48. The highest BCUT2D eigenvalue weighted by Gasteiger charge is 2.37. The predicted octanol–water partition coefficient (Wildman–Crippen LogP) is 0.709. The summed E-state index contributed by atoms with van der Waals surface area (Å²) in [4.78, 5) is 3.87. The number of hydrogen-bond donors (Lipinski definition) is 2. The van der Waals surface area contributed by atoms with E-state index in [4.69, 9.17) is 5.73 Å². The number of nitrogens with zero attached hydrogens (tertiary/aromatic N) is 1. The highest BCUT2D eigenvalue weighted by Crippen LogP contribution is 2.38. The second-order valence-corrected chi connectivity index (χ2v) is 3.73. The first-order chi connectivity index (χ1) is 5.06. The third-order valence-electron chi connectivity index (χ3n) is 2.29. The SMILES string of the molecule is CN=C(N)NC(C)(C)C1CC1. The smallest absolute Gasteiger partial charge is 0.188 e. The van der Waals surface area contributed by atoms with Crippen molar-refractivity contribution in [3.8, 4) is 0 Å². The fourth-order valence-corrected chi connectivity index (χ4v) is 1.29. The fourth-order valence-electron chi connectivity index (χ4n) is 1.29. The molecule has 0 aliphatic heterocycles. The van der Waals surface area contributed by atoms with E-state index in [0.717, 1.165) is 5.92 Å². The summed E-state index contributed by atoms with van der Waals surface area (Å²) in [6.07, 6.45) is 2.63. The van der Waals surface area contributed by atoms with Crippen molar-refractivity contribution in [3.63, 3.8) is 0 Å². The van der Waals surface area contributed by atoms with Crippen molar-refractivity contribution in [2.24, 2.45) is 16.6 Å². The van der Waals surface area contributed by atoms with E-state index < -0.39 is 0 Å². The second-order valence-electron chi connectivity index (χ2n) is 3.73. The maximum atomic E-state index is 5.56. The summed E-state index contributed by atoms with van der Waals surface area (Å²) in [5.41, 5.74) is 5.69. The standard InChI is InChI=1S/C8H17N3/c1-8(2,6-4-5-6)11-7(9)10-3/h6H,4-5H2,1-3H3,(H3,9,10,11). The number of guanidine groups is 1. The van der Waals surface area contributed by atoms with Gasteiger partial charge in [-0.2, -0.15) is 0 Å². The van der Waals surface area contributed by atoms with Gasteiger partial charge in [-0.25, -0.2) is 0 Å². The molecule has 64 valence electrons. The van der Waals surface area contributed by atoms with E-state index in [1.165, 1.54) is 12.8 Å². The molecule has 3 heteroatoms. The highest BCUT2D eigenvalue weighted by atomic mass is 15.1. The molecule has 0 bridgehead atoms. The molecule has 0 atom stereocenters. The van der Waals surface area contributed by atoms with E-state index in [9.17, 15) is 0 Å². The molecule has 0 aromatic rings. The first-order valence-electron chi connectivity index (χ1n) is 4.06. The van der Waals surface area contributed by atoms with Gasteiger partial charge in [0.05, 0.1) is 0 Å². The summed E-state index contributed by atoms with van der Waals surface area (Å²) in [6, 6.07) is 0. The number of rotatable bonds is 2. The molecule has 0 radical (unpaired) electrons. The Morgan fingerprint density at radius 3 is 2.45 bits per heavy atom. The summed E-state index contributed by atoms with van der Waals surface area (Å²) >= 11 is 0. The van der Waals surface area contributed by atoms with E-state index in [0.29, 0.717) is 5.96 Å². The molecule has 1 aliphatic carbocycles. The molecule has 3 nitrogen and oxygen atoms in total. The van der Waals surface area contributed by atoms with E-state index in [-0.39, 0.29) is 5.54 Å². The molecule has 0 heterocycles. The monoisotopic (exact) mass is 155 g/mol.